The van der Waals surface area contributed by atoms with Gasteiger partial charge in [-0.15, -0.1) is 0 Å². The fraction of sp³-hybridized carbons (Fsp3) is 0.214. The maximum atomic E-state index is 6.03. The highest BCUT2D eigenvalue weighted by molar-refractivity contribution is 9.10. The van der Waals surface area contributed by atoms with Gasteiger partial charge in [-0.3, -0.25) is 0 Å². The van der Waals surface area contributed by atoms with Gasteiger partial charge in [0.15, 0.2) is 0 Å². The van der Waals surface area contributed by atoms with Gasteiger partial charge in [0.25, 0.3) is 0 Å². The fourth-order valence-corrected chi connectivity index (χ4v) is 2.49. The molecular formula is C14H13BrCl2N2. The molecule has 2 aromatic rings. The lowest BCUT2D eigenvalue weighted by Gasteiger charge is -2.17. The molecule has 1 atom stereocenters. The second-order valence-electron chi connectivity index (χ2n) is 4.31. The molecule has 1 N–H and O–H groups in total. The number of aryl methyl sites for hydroxylation is 1. The molecule has 0 spiro atoms. The van der Waals surface area contributed by atoms with Gasteiger partial charge >= 0.3 is 0 Å². The summed E-state index contributed by atoms with van der Waals surface area (Å²) in [6.45, 7) is 4.04. The molecule has 2 rings (SSSR count). The van der Waals surface area contributed by atoms with E-state index in [1.165, 1.54) is 0 Å². The molecule has 0 saturated carbocycles. The lowest BCUT2D eigenvalue weighted by molar-refractivity contribution is 0.878. The minimum Gasteiger partial charge on any atom is -0.377 e. The van der Waals surface area contributed by atoms with Crippen LogP contribution in [0.25, 0.3) is 0 Å². The molecule has 0 saturated heterocycles. The number of rotatable bonds is 3. The summed E-state index contributed by atoms with van der Waals surface area (Å²) < 4.78 is 0.831. The summed E-state index contributed by atoms with van der Waals surface area (Å²) in [7, 11) is 0. The number of nitrogens with one attached hydrogen (secondary N) is 1. The summed E-state index contributed by atoms with van der Waals surface area (Å²) in [6, 6.07) is 9.69. The zero-order chi connectivity index (χ0) is 14.0. The number of benzene rings is 1. The van der Waals surface area contributed by atoms with Crippen molar-refractivity contribution in [2.45, 2.75) is 19.9 Å². The second kappa shape index (κ2) is 6.12. The number of pyridine rings is 1. The van der Waals surface area contributed by atoms with E-state index in [0.717, 1.165) is 21.5 Å². The van der Waals surface area contributed by atoms with Gasteiger partial charge in [-0.2, -0.15) is 0 Å². The Morgan fingerprint density at radius 3 is 2.53 bits per heavy atom. The maximum Gasteiger partial charge on any atom is 0.106 e. The van der Waals surface area contributed by atoms with E-state index >= 15 is 0 Å². The standard InChI is InChI=1S/C14H13BrCl2N2/c1-8(10-3-4-11(16)12(17)7-10)18-13-5-6-14(15)19-9(13)2/h3-8,18H,1-2H3. The van der Waals surface area contributed by atoms with E-state index in [1.54, 1.807) is 0 Å². The van der Waals surface area contributed by atoms with Gasteiger partial charge in [0, 0.05) is 6.04 Å². The van der Waals surface area contributed by atoms with E-state index in [0.29, 0.717) is 10.0 Å². The summed E-state index contributed by atoms with van der Waals surface area (Å²) in [5, 5.41) is 4.55. The third-order valence-electron chi connectivity index (χ3n) is 2.87. The Morgan fingerprint density at radius 2 is 1.89 bits per heavy atom. The Balaban J connectivity index is 2.20. The maximum absolute atomic E-state index is 6.03. The predicted molar refractivity (Wildman–Crippen MR) is 85.2 cm³/mol. The van der Waals surface area contributed by atoms with Crippen LogP contribution in [0.3, 0.4) is 0 Å². The average molecular weight is 360 g/mol. The first-order valence-electron chi connectivity index (χ1n) is 5.82. The quantitative estimate of drug-likeness (QED) is 0.718. The molecule has 19 heavy (non-hydrogen) atoms. The van der Waals surface area contributed by atoms with Crippen molar-refractivity contribution in [3.8, 4) is 0 Å². The predicted octanol–water partition coefficient (Wildman–Crippen LogP) is 5.63. The lowest BCUT2D eigenvalue weighted by atomic mass is 10.1. The Kier molecular flexibility index (Phi) is 4.71. The Labute approximate surface area is 131 Å². The van der Waals surface area contributed by atoms with Gasteiger partial charge in [-0.05, 0) is 59.6 Å². The number of aromatic nitrogens is 1. The highest BCUT2D eigenvalue weighted by atomic mass is 79.9. The minimum atomic E-state index is 0.122. The average Bonchev–Trinajstić information content (AvgIpc) is 2.36. The van der Waals surface area contributed by atoms with Crippen LogP contribution in [0.1, 0.15) is 24.2 Å². The van der Waals surface area contributed by atoms with Gasteiger partial charge in [-0.1, -0.05) is 29.3 Å². The van der Waals surface area contributed by atoms with Crippen molar-refractivity contribution in [2.75, 3.05) is 5.32 Å². The van der Waals surface area contributed by atoms with Crippen molar-refractivity contribution in [1.82, 2.24) is 4.98 Å². The topological polar surface area (TPSA) is 24.9 Å². The molecule has 0 aliphatic heterocycles. The number of anilines is 1. The van der Waals surface area contributed by atoms with E-state index < -0.39 is 0 Å². The molecule has 0 amide bonds. The Morgan fingerprint density at radius 1 is 1.16 bits per heavy atom. The molecule has 1 aromatic carbocycles. The third kappa shape index (κ3) is 3.62. The Bertz CT molecular complexity index is 602. The van der Waals surface area contributed by atoms with Crippen molar-refractivity contribution in [3.05, 3.63) is 56.2 Å². The highest BCUT2D eigenvalue weighted by Gasteiger charge is 2.09. The molecule has 5 heteroatoms. The van der Waals surface area contributed by atoms with Crippen molar-refractivity contribution >= 4 is 44.8 Å². The molecule has 100 valence electrons. The molecule has 1 unspecified atom stereocenters. The molecule has 0 aliphatic rings. The van der Waals surface area contributed by atoms with E-state index in [2.05, 4.69) is 33.2 Å². The fourth-order valence-electron chi connectivity index (χ4n) is 1.78. The third-order valence-corrected chi connectivity index (χ3v) is 4.05. The summed E-state index contributed by atoms with van der Waals surface area (Å²) >= 11 is 15.3. The Hall–Kier alpha value is -0.770. The van der Waals surface area contributed by atoms with Crippen LogP contribution in [0, 0.1) is 6.92 Å². The van der Waals surface area contributed by atoms with Crippen molar-refractivity contribution < 1.29 is 0 Å². The van der Waals surface area contributed by atoms with Crippen LogP contribution in [0.5, 0.6) is 0 Å². The minimum absolute atomic E-state index is 0.122. The van der Waals surface area contributed by atoms with Gasteiger partial charge in [-0.25, -0.2) is 4.98 Å². The molecule has 0 aliphatic carbocycles. The zero-order valence-electron chi connectivity index (χ0n) is 10.5. The number of halogens is 3. The first-order valence-corrected chi connectivity index (χ1v) is 7.37. The van der Waals surface area contributed by atoms with Gasteiger partial charge in [0.05, 0.1) is 21.4 Å². The number of hydrogen-bond acceptors (Lipinski definition) is 2. The number of hydrogen-bond donors (Lipinski definition) is 1. The highest BCUT2D eigenvalue weighted by Crippen LogP contribution is 2.28. The smallest absolute Gasteiger partial charge is 0.106 e. The summed E-state index contributed by atoms with van der Waals surface area (Å²) in [5.74, 6) is 0. The van der Waals surface area contributed by atoms with Gasteiger partial charge < -0.3 is 5.32 Å². The lowest BCUT2D eigenvalue weighted by Crippen LogP contribution is -2.08. The van der Waals surface area contributed by atoms with Crippen LogP contribution in [0.2, 0.25) is 10.0 Å². The summed E-state index contributed by atoms with van der Waals surface area (Å²) in [4.78, 5) is 4.36. The van der Waals surface area contributed by atoms with Crippen LogP contribution in [-0.2, 0) is 0 Å². The molecule has 0 radical (unpaired) electrons. The van der Waals surface area contributed by atoms with Crippen LogP contribution in [-0.4, -0.2) is 4.98 Å². The normalized spacial score (nSPS) is 12.3. The van der Waals surface area contributed by atoms with E-state index in [9.17, 15) is 0 Å². The van der Waals surface area contributed by atoms with Crippen molar-refractivity contribution in [2.24, 2.45) is 0 Å². The molecule has 1 heterocycles. The largest absolute Gasteiger partial charge is 0.377 e. The van der Waals surface area contributed by atoms with Crippen LogP contribution < -0.4 is 5.32 Å². The van der Waals surface area contributed by atoms with E-state index in [4.69, 9.17) is 23.2 Å². The van der Waals surface area contributed by atoms with Gasteiger partial charge in [0.1, 0.15) is 4.60 Å². The first-order chi connectivity index (χ1) is 8.97. The summed E-state index contributed by atoms with van der Waals surface area (Å²) in [6.07, 6.45) is 0. The van der Waals surface area contributed by atoms with Crippen LogP contribution in [0.4, 0.5) is 5.69 Å². The van der Waals surface area contributed by atoms with E-state index in [1.807, 2.05) is 37.3 Å². The SMILES string of the molecule is Cc1nc(Br)ccc1NC(C)c1ccc(Cl)c(Cl)c1. The molecule has 1 aromatic heterocycles. The number of nitrogens with zero attached hydrogens (tertiary/aromatic N) is 1. The monoisotopic (exact) mass is 358 g/mol. The summed E-state index contributed by atoms with van der Waals surface area (Å²) in [5.41, 5.74) is 3.03. The molecular weight excluding hydrogens is 347 g/mol. The van der Waals surface area contributed by atoms with Gasteiger partial charge in [0.2, 0.25) is 0 Å². The van der Waals surface area contributed by atoms with E-state index in [-0.39, 0.29) is 6.04 Å². The zero-order valence-corrected chi connectivity index (χ0v) is 13.6. The van der Waals surface area contributed by atoms with Crippen molar-refractivity contribution in [3.63, 3.8) is 0 Å². The first kappa shape index (κ1) is 14.6. The molecule has 0 fully saturated rings. The van der Waals surface area contributed by atoms with Crippen molar-refractivity contribution in [1.29, 1.82) is 0 Å². The second-order valence-corrected chi connectivity index (χ2v) is 5.93. The van der Waals surface area contributed by atoms with Crippen LogP contribution >= 0.6 is 39.1 Å². The van der Waals surface area contributed by atoms with Crippen LogP contribution in [0.15, 0.2) is 34.9 Å². The molecule has 2 nitrogen and oxygen atoms in total. The molecule has 0 bridgehead atoms.